The molecule has 4 aromatic rings. The van der Waals surface area contributed by atoms with Crippen LogP contribution in [0.4, 0.5) is 4.39 Å². The van der Waals surface area contributed by atoms with Crippen LogP contribution < -0.4 is 15.7 Å². The zero-order valence-electron chi connectivity index (χ0n) is 19.8. The van der Waals surface area contributed by atoms with Crippen molar-refractivity contribution in [1.29, 1.82) is 0 Å². The van der Waals surface area contributed by atoms with Crippen molar-refractivity contribution in [3.8, 4) is 11.4 Å². The number of nitrogens with one attached hydrogen (secondary N) is 1. The Balaban J connectivity index is 1.42. The van der Waals surface area contributed by atoms with E-state index in [1.54, 1.807) is 40.2 Å². The molecule has 2 aromatic carbocycles. The molecule has 1 aliphatic rings. The quantitative estimate of drug-likeness (QED) is 0.136. The van der Waals surface area contributed by atoms with E-state index >= 15 is 0 Å². The standard InChI is InChI=1S/C26H22ClFN4O3S2/c1-2-35-16-11-9-15(10-12-16)32-25(34)23-17-5-3-8-21(17)37-24(23)30-26(32)36-14-22(33)31-29-13-18-19(27)6-4-7-20(18)28/h4,6-7,9-13H,2-3,5,8,14H2,1H3,(H,31,33). The minimum atomic E-state index is -0.542. The van der Waals surface area contributed by atoms with E-state index in [-0.39, 0.29) is 21.9 Å². The van der Waals surface area contributed by atoms with Gasteiger partial charge in [0.05, 0.1) is 34.7 Å². The zero-order valence-corrected chi connectivity index (χ0v) is 22.2. The molecule has 2 aromatic heterocycles. The molecule has 7 nitrogen and oxygen atoms in total. The highest BCUT2D eigenvalue weighted by Gasteiger charge is 2.24. The summed E-state index contributed by atoms with van der Waals surface area (Å²) in [6.45, 7) is 2.44. The summed E-state index contributed by atoms with van der Waals surface area (Å²) in [6, 6.07) is 11.5. The van der Waals surface area contributed by atoms with Crippen LogP contribution in [0.2, 0.25) is 5.02 Å². The van der Waals surface area contributed by atoms with Crippen LogP contribution in [0.5, 0.6) is 5.75 Å². The zero-order chi connectivity index (χ0) is 25.9. The van der Waals surface area contributed by atoms with Gasteiger partial charge in [-0.05, 0) is 68.1 Å². The molecule has 1 aliphatic carbocycles. The highest BCUT2D eigenvalue weighted by atomic mass is 35.5. The SMILES string of the molecule is CCOc1ccc(-n2c(SCC(=O)NN=Cc3c(F)cccc3Cl)nc3sc4c(c3c2=O)CCC4)cc1. The minimum Gasteiger partial charge on any atom is -0.494 e. The van der Waals surface area contributed by atoms with Crippen molar-refractivity contribution < 1.29 is 13.9 Å². The number of hydrazone groups is 1. The molecular formula is C26H22ClFN4O3S2. The van der Waals surface area contributed by atoms with Crippen LogP contribution in [0, 0.1) is 5.82 Å². The Morgan fingerprint density at radius 2 is 2.11 bits per heavy atom. The van der Waals surface area contributed by atoms with E-state index in [9.17, 15) is 14.0 Å². The number of amides is 1. The first-order chi connectivity index (χ1) is 18.0. The third kappa shape index (κ3) is 5.27. The Morgan fingerprint density at radius 3 is 2.86 bits per heavy atom. The highest BCUT2D eigenvalue weighted by Crippen LogP contribution is 2.36. The van der Waals surface area contributed by atoms with Gasteiger partial charge in [0.25, 0.3) is 11.5 Å². The van der Waals surface area contributed by atoms with E-state index in [0.717, 1.165) is 42.8 Å². The maximum Gasteiger partial charge on any atom is 0.267 e. The number of rotatable bonds is 8. The molecule has 0 fully saturated rings. The molecular weight excluding hydrogens is 535 g/mol. The van der Waals surface area contributed by atoms with Gasteiger partial charge in [-0.25, -0.2) is 14.8 Å². The summed E-state index contributed by atoms with van der Waals surface area (Å²) in [4.78, 5) is 32.9. The predicted octanol–water partition coefficient (Wildman–Crippen LogP) is 5.37. The van der Waals surface area contributed by atoms with Crippen molar-refractivity contribution >= 4 is 57.0 Å². The second-order valence-electron chi connectivity index (χ2n) is 8.22. The van der Waals surface area contributed by atoms with Gasteiger partial charge in [0, 0.05) is 10.4 Å². The largest absolute Gasteiger partial charge is 0.494 e. The minimum absolute atomic E-state index is 0.0532. The summed E-state index contributed by atoms with van der Waals surface area (Å²) >= 11 is 8.66. The molecule has 2 heterocycles. The van der Waals surface area contributed by atoms with E-state index in [2.05, 4.69) is 10.5 Å². The Hall–Kier alpha value is -3.21. The number of ether oxygens (including phenoxy) is 1. The molecule has 190 valence electrons. The van der Waals surface area contributed by atoms with E-state index < -0.39 is 11.7 Å². The molecule has 11 heteroatoms. The number of fused-ring (bicyclic) bond motifs is 3. The fourth-order valence-corrected chi connectivity index (χ4v) is 6.49. The third-order valence-electron chi connectivity index (χ3n) is 5.83. The van der Waals surface area contributed by atoms with Crippen LogP contribution in [0.25, 0.3) is 15.9 Å². The van der Waals surface area contributed by atoms with E-state index in [1.807, 2.05) is 6.92 Å². The number of aryl methyl sites for hydroxylation is 2. The number of aromatic nitrogens is 2. The molecule has 0 radical (unpaired) electrons. The lowest BCUT2D eigenvalue weighted by Crippen LogP contribution is -2.24. The van der Waals surface area contributed by atoms with Gasteiger partial charge in [0.1, 0.15) is 16.4 Å². The molecule has 0 spiro atoms. The average molecular weight is 557 g/mol. The number of nitrogens with zero attached hydrogens (tertiary/aromatic N) is 3. The van der Waals surface area contributed by atoms with E-state index in [4.69, 9.17) is 21.3 Å². The first-order valence-corrected chi connectivity index (χ1v) is 13.8. The van der Waals surface area contributed by atoms with Gasteiger partial charge in [0.15, 0.2) is 5.16 Å². The number of carbonyl (C=O) groups is 1. The van der Waals surface area contributed by atoms with Crippen LogP contribution in [-0.4, -0.2) is 34.0 Å². The predicted molar refractivity (Wildman–Crippen MR) is 146 cm³/mol. The summed E-state index contributed by atoms with van der Waals surface area (Å²) in [5.41, 5.74) is 4.03. The lowest BCUT2D eigenvalue weighted by Gasteiger charge is -2.13. The fourth-order valence-electron chi connectivity index (χ4n) is 4.17. The Morgan fingerprint density at radius 1 is 1.30 bits per heavy atom. The monoisotopic (exact) mass is 556 g/mol. The number of hydrogen-bond donors (Lipinski definition) is 1. The van der Waals surface area contributed by atoms with Crippen LogP contribution in [0.1, 0.15) is 29.3 Å². The molecule has 1 amide bonds. The molecule has 0 atom stereocenters. The van der Waals surface area contributed by atoms with E-state index in [1.165, 1.54) is 23.1 Å². The molecule has 0 aliphatic heterocycles. The van der Waals surface area contributed by atoms with Gasteiger partial charge in [-0.1, -0.05) is 29.4 Å². The van der Waals surface area contributed by atoms with Gasteiger partial charge in [0.2, 0.25) is 0 Å². The van der Waals surface area contributed by atoms with Crippen molar-refractivity contribution in [2.75, 3.05) is 12.4 Å². The number of carbonyl (C=O) groups excluding carboxylic acids is 1. The number of benzene rings is 2. The highest BCUT2D eigenvalue weighted by molar-refractivity contribution is 7.99. The molecule has 0 bridgehead atoms. The van der Waals surface area contributed by atoms with Crippen molar-refractivity contribution in [2.45, 2.75) is 31.3 Å². The first kappa shape index (κ1) is 25.4. The van der Waals surface area contributed by atoms with Crippen LogP contribution >= 0.6 is 34.7 Å². The normalized spacial score (nSPS) is 12.8. The summed E-state index contributed by atoms with van der Waals surface area (Å²) in [5.74, 6) is -0.330. The molecule has 5 rings (SSSR count). The van der Waals surface area contributed by atoms with Gasteiger partial charge < -0.3 is 4.74 Å². The van der Waals surface area contributed by atoms with Gasteiger partial charge in [-0.15, -0.1) is 11.3 Å². The Kier molecular flexibility index (Phi) is 7.59. The number of thioether (sulfide) groups is 1. The van der Waals surface area contributed by atoms with Crippen molar-refractivity contribution in [2.24, 2.45) is 5.10 Å². The van der Waals surface area contributed by atoms with Gasteiger partial charge >= 0.3 is 0 Å². The second-order valence-corrected chi connectivity index (χ2v) is 10.6. The lowest BCUT2D eigenvalue weighted by molar-refractivity contribution is -0.118. The Bertz CT molecular complexity index is 1550. The molecule has 0 saturated carbocycles. The third-order valence-corrected chi connectivity index (χ3v) is 8.28. The average Bonchev–Trinajstić information content (AvgIpc) is 3.47. The molecule has 0 unspecified atom stereocenters. The summed E-state index contributed by atoms with van der Waals surface area (Å²) in [7, 11) is 0. The Labute approximate surface area is 225 Å². The maximum absolute atomic E-state index is 13.9. The first-order valence-electron chi connectivity index (χ1n) is 11.7. The van der Waals surface area contributed by atoms with Crippen molar-refractivity contribution in [1.82, 2.24) is 15.0 Å². The number of hydrogen-bond acceptors (Lipinski definition) is 7. The second kappa shape index (κ2) is 11.0. The van der Waals surface area contributed by atoms with Gasteiger partial charge in [-0.2, -0.15) is 5.10 Å². The fraction of sp³-hybridized carbons (Fsp3) is 0.231. The van der Waals surface area contributed by atoms with Crippen LogP contribution in [0.3, 0.4) is 0 Å². The summed E-state index contributed by atoms with van der Waals surface area (Å²) in [6.07, 6.45) is 4.02. The van der Waals surface area contributed by atoms with Crippen LogP contribution in [0.15, 0.2) is 57.5 Å². The van der Waals surface area contributed by atoms with E-state index in [0.29, 0.717) is 33.4 Å². The smallest absolute Gasteiger partial charge is 0.267 e. The maximum atomic E-state index is 13.9. The number of halogens is 2. The molecule has 1 N–H and O–H groups in total. The van der Waals surface area contributed by atoms with Crippen molar-refractivity contribution in [3.05, 3.63) is 79.7 Å². The number of thiophene rings is 1. The molecule has 0 saturated heterocycles. The summed E-state index contributed by atoms with van der Waals surface area (Å²) in [5, 5.41) is 5.07. The topological polar surface area (TPSA) is 85.6 Å². The van der Waals surface area contributed by atoms with Gasteiger partial charge in [-0.3, -0.25) is 14.2 Å². The lowest BCUT2D eigenvalue weighted by atomic mass is 10.2. The molecule has 37 heavy (non-hydrogen) atoms. The van der Waals surface area contributed by atoms with Crippen LogP contribution in [-0.2, 0) is 17.6 Å². The van der Waals surface area contributed by atoms with Crippen molar-refractivity contribution in [3.63, 3.8) is 0 Å². The summed E-state index contributed by atoms with van der Waals surface area (Å²) < 4.78 is 21.0.